The van der Waals surface area contributed by atoms with E-state index in [0.29, 0.717) is 11.4 Å². The molecule has 136 valence electrons. The first kappa shape index (κ1) is 19.7. The molecule has 0 saturated carbocycles. The summed E-state index contributed by atoms with van der Waals surface area (Å²) in [6, 6.07) is 8.98. The van der Waals surface area contributed by atoms with Crippen molar-refractivity contribution in [1.29, 1.82) is 0 Å². The second-order valence-corrected chi connectivity index (χ2v) is 6.16. The molecule has 1 saturated heterocycles. The third-order valence-corrected chi connectivity index (χ3v) is 4.71. The van der Waals surface area contributed by atoms with Gasteiger partial charge in [-0.3, -0.25) is 24.2 Å². The average Bonchev–Trinajstić information content (AvgIpc) is 2.90. The molecule has 3 amide bonds. The highest BCUT2D eigenvalue weighted by Gasteiger charge is 2.39. The number of carbonyl (C=O) groups is 3. The van der Waals surface area contributed by atoms with Gasteiger partial charge in [0.1, 0.15) is 5.57 Å². The van der Waals surface area contributed by atoms with Gasteiger partial charge in [0, 0.05) is 14.1 Å². The first-order chi connectivity index (χ1) is 11.8. The molecule has 1 unspecified atom stereocenters. The van der Waals surface area contributed by atoms with Gasteiger partial charge in [0.05, 0.1) is 17.3 Å². The summed E-state index contributed by atoms with van der Waals surface area (Å²) in [5.41, 5.74) is 1.06. The van der Waals surface area contributed by atoms with Crippen LogP contribution in [0.4, 0.5) is 5.69 Å². The monoisotopic (exact) mass is 392 g/mol. The van der Waals surface area contributed by atoms with Crippen molar-refractivity contribution in [2.75, 3.05) is 19.1 Å². The number of para-hydroxylation sites is 1. The maximum atomic E-state index is 12.7. The van der Waals surface area contributed by atoms with Gasteiger partial charge < -0.3 is 0 Å². The van der Waals surface area contributed by atoms with E-state index < -0.39 is 17.7 Å². The van der Waals surface area contributed by atoms with Crippen molar-refractivity contribution in [2.24, 2.45) is 11.0 Å². The number of nitrogens with zero attached hydrogens (tertiary/aromatic N) is 4. The highest BCUT2D eigenvalue weighted by atomic mass is 35.5. The van der Waals surface area contributed by atoms with Gasteiger partial charge in [0.2, 0.25) is 0 Å². The Labute approximate surface area is 162 Å². The summed E-state index contributed by atoms with van der Waals surface area (Å²) >= 11 is 5.05. The number of benzene rings is 1. The van der Waals surface area contributed by atoms with Gasteiger partial charge in [-0.2, -0.15) is 10.1 Å². The Hall–Kier alpha value is -2.58. The Morgan fingerprint density at radius 2 is 1.58 bits per heavy atom. The van der Waals surface area contributed by atoms with Gasteiger partial charge in [-0.25, -0.2) is 0 Å². The lowest BCUT2D eigenvalue weighted by atomic mass is 9.98. The predicted octanol–water partition coefficient (Wildman–Crippen LogP) is 1.59. The first-order valence-corrected chi connectivity index (χ1v) is 7.99. The fraction of sp³-hybridized carbons (Fsp3) is 0.235. The normalized spacial score (nSPS) is 20.4. The SMILES string of the molecule is CC1=NN(c2ccccc2)C(=O)C1C=C1C(=O)N(C)C(=S)N(C)C1=O.Cl. The number of rotatable bonds is 2. The number of carbonyl (C=O) groups excluding carboxylic acids is 3. The molecule has 1 aromatic rings. The smallest absolute Gasteiger partial charge is 0.265 e. The fourth-order valence-electron chi connectivity index (χ4n) is 2.69. The third kappa shape index (κ3) is 3.13. The lowest BCUT2D eigenvalue weighted by Crippen LogP contribution is -2.53. The Balaban J connectivity index is 0.00000243. The Morgan fingerprint density at radius 3 is 2.12 bits per heavy atom. The maximum Gasteiger partial charge on any atom is 0.265 e. The summed E-state index contributed by atoms with van der Waals surface area (Å²) in [7, 11) is 2.99. The van der Waals surface area contributed by atoms with Crippen LogP contribution in [0.5, 0.6) is 0 Å². The van der Waals surface area contributed by atoms with Gasteiger partial charge in [-0.05, 0) is 37.4 Å². The molecule has 1 fully saturated rings. The van der Waals surface area contributed by atoms with E-state index in [1.807, 2.05) is 6.07 Å². The lowest BCUT2D eigenvalue weighted by molar-refractivity contribution is -0.132. The Bertz CT molecular complexity index is 827. The number of halogens is 1. The molecule has 0 bridgehead atoms. The van der Waals surface area contributed by atoms with Crippen LogP contribution in [0.1, 0.15) is 6.92 Å². The number of hydrogen-bond donors (Lipinski definition) is 0. The quantitative estimate of drug-likeness (QED) is 0.435. The van der Waals surface area contributed by atoms with Crippen LogP contribution in [0.25, 0.3) is 0 Å². The van der Waals surface area contributed by atoms with Gasteiger partial charge in [-0.1, -0.05) is 18.2 Å². The minimum absolute atomic E-state index is 0. The molecule has 0 N–H and O–H groups in total. The Kier molecular flexibility index (Phi) is 5.58. The molecule has 26 heavy (non-hydrogen) atoms. The molecule has 1 atom stereocenters. The van der Waals surface area contributed by atoms with Crippen LogP contribution in [0, 0.1) is 5.92 Å². The predicted molar refractivity (Wildman–Crippen MR) is 104 cm³/mol. The largest absolute Gasteiger partial charge is 0.288 e. The van der Waals surface area contributed by atoms with Crippen molar-refractivity contribution < 1.29 is 14.4 Å². The van der Waals surface area contributed by atoms with Crippen molar-refractivity contribution in [3.63, 3.8) is 0 Å². The van der Waals surface area contributed by atoms with Crippen molar-refractivity contribution in [1.82, 2.24) is 9.80 Å². The zero-order chi connectivity index (χ0) is 18.3. The summed E-state index contributed by atoms with van der Waals surface area (Å²) in [5.74, 6) is -2.12. The number of likely N-dealkylation sites (N-methyl/N-ethyl adjacent to an activating group) is 2. The number of hydrogen-bond acceptors (Lipinski definition) is 5. The molecular formula is C17H17ClN4O3S. The van der Waals surface area contributed by atoms with Crippen LogP contribution >= 0.6 is 24.6 Å². The molecule has 0 spiro atoms. The summed E-state index contributed by atoms with van der Waals surface area (Å²) in [6.07, 6.45) is 1.38. The molecule has 0 aliphatic carbocycles. The minimum atomic E-state index is -0.767. The summed E-state index contributed by atoms with van der Waals surface area (Å²) in [6.45, 7) is 1.69. The number of thiocarbonyl (C=S) groups is 1. The van der Waals surface area contributed by atoms with Gasteiger partial charge in [-0.15, -0.1) is 12.4 Å². The molecule has 0 radical (unpaired) electrons. The maximum absolute atomic E-state index is 12.7. The number of amides is 3. The number of hydrazone groups is 1. The summed E-state index contributed by atoms with van der Waals surface area (Å²) < 4.78 is 0. The fourth-order valence-corrected chi connectivity index (χ4v) is 2.85. The molecule has 9 heteroatoms. The van der Waals surface area contributed by atoms with E-state index in [1.165, 1.54) is 35.0 Å². The van der Waals surface area contributed by atoms with Crippen LogP contribution < -0.4 is 5.01 Å². The average molecular weight is 393 g/mol. The van der Waals surface area contributed by atoms with Crippen molar-refractivity contribution in [3.05, 3.63) is 42.0 Å². The van der Waals surface area contributed by atoms with E-state index in [4.69, 9.17) is 12.2 Å². The molecule has 2 heterocycles. The minimum Gasteiger partial charge on any atom is -0.288 e. The molecule has 2 aliphatic rings. The zero-order valence-electron chi connectivity index (χ0n) is 14.4. The van der Waals surface area contributed by atoms with Gasteiger partial charge >= 0.3 is 0 Å². The van der Waals surface area contributed by atoms with Crippen molar-refractivity contribution >= 4 is 58.9 Å². The standard InChI is InChI=1S/C17H16N4O3S.ClH/c1-10-12(16(24)21(18-10)11-7-5-4-6-8-11)9-13-14(22)19(2)17(25)20(3)15(13)23;/h4-9,12H,1-3H3;1H. The molecule has 7 nitrogen and oxygen atoms in total. The molecule has 1 aromatic carbocycles. The van der Waals surface area contributed by atoms with E-state index in [-0.39, 0.29) is 29.0 Å². The van der Waals surface area contributed by atoms with Gasteiger partial charge in [0.25, 0.3) is 17.7 Å². The molecular weight excluding hydrogens is 376 g/mol. The molecule has 3 rings (SSSR count). The zero-order valence-corrected chi connectivity index (χ0v) is 16.0. The highest BCUT2D eigenvalue weighted by Crippen LogP contribution is 2.26. The van der Waals surface area contributed by atoms with E-state index in [1.54, 1.807) is 31.2 Å². The van der Waals surface area contributed by atoms with E-state index in [9.17, 15) is 14.4 Å². The third-order valence-electron chi connectivity index (χ3n) is 4.16. The van der Waals surface area contributed by atoms with Crippen LogP contribution in [0.3, 0.4) is 0 Å². The van der Waals surface area contributed by atoms with Crippen LogP contribution in [0.2, 0.25) is 0 Å². The van der Waals surface area contributed by atoms with E-state index in [0.717, 1.165) is 0 Å². The lowest BCUT2D eigenvalue weighted by Gasteiger charge is -2.32. The van der Waals surface area contributed by atoms with Crippen LogP contribution in [-0.4, -0.2) is 52.4 Å². The summed E-state index contributed by atoms with van der Waals surface area (Å²) in [5, 5.41) is 5.68. The van der Waals surface area contributed by atoms with Crippen LogP contribution in [-0.2, 0) is 14.4 Å². The van der Waals surface area contributed by atoms with Crippen LogP contribution in [0.15, 0.2) is 47.1 Å². The van der Waals surface area contributed by atoms with E-state index >= 15 is 0 Å². The Morgan fingerprint density at radius 1 is 1.04 bits per heavy atom. The summed E-state index contributed by atoms with van der Waals surface area (Å²) in [4.78, 5) is 39.9. The topological polar surface area (TPSA) is 73.3 Å². The second-order valence-electron chi connectivity index (χ2n) is 5.80. The van der Waals surface area contributed by atoms with Crippen molar-refractivity contribution in [2.45, 2.75) is 6.92 Å². The molecule has 0 aromatic heterocycles. The number of anilines is 1. The molecule has 2 aliphatic heterocycles. The van der Waals surface area contributed by atoms with Gasteiger partial charge in [0.15, 0.2) is 5.11 Å². The van der Waals surface area contributed by atoms with E-state index in [2.05, 4.69) is 5.10 Å². The first-order valence-electron chi connectivity index (χ1n) is 7.59. The second kappa shape index (κ2) is 7.35. The highest BCUT2D eigenvalue weighted by molar-refractivity contribution is 7.80. The van der Waals surface area contributed by atoms with Crippen molar-refractivity contribution in [3.8, 4) is 0 Å².